The third kappa shape index (κ3) is 1.81. The number of nitrogens with zero attached hydrogens (tertiary/aromatic N) is 3. The Bertz CT molecular complexity index is 448. The van der Waals surface area contributed by atoms with Gasteiger partial charge in [-0.2, -0.15) is 0 Å². The van der Waals surface area contributed by atoms with E-state index in [-0.39, 0.29) is 6.03 Å². The molecule has 3 rings (SSSR count). The molecule has 2 fully saturated rings. The standard InChI is InChI=1S/C12H16N4O/c1-9-6-10(2-3-13-9)15-4-5-16-11(8-15)7-14-12(16)17/h2-3,6,11H,4-5,7-8H2,1H3,(H,14,17). The highest BCUT2D eigenvalue weighted by atomic mass is 16.2. The normalized spacial score (nSPS) is 23.6. The van der Waals surface area contributed by atoms with Crippen molar-refractivity contribution in [2.45, 2.75) is 13.0 Å². The second-order valence-corrected chi connectivity index (χ2v) is 4.63. The number of piperazine rings is 1. The van der Waals surface area contributed by atoms with E-state index in [9.17, 15) is 4.79 Å². The molecule has 1 aromatic heterocycles. The van der Waals surface area contributed by atoms with Crippen molar-refractivity contribution in [3.05, 3.63) is 24.0 Å². The van der Waals surface area contributed by atoms with Crippen LogP contribution in [0.15, 0.2) is 18.3 Å². The van der Waals surface area contributed by atoms with Crippen molar-refractivity contribution in [1.82, 2.24) is 15.2 Å². The first-order chi connectivity index (χ1) is 8.24. The Balaban J connectivity index is 1.77. The van der Waals surface area contributed by atoms with Crippen LogP contribution in [-0.4, -0.2) is 48.1 Å². The second-order valence-electron chi connectivity index (χ2n) is 4.63. The van der Waals surface area contributed by atoms with Gasteiger partial charge in [-0.15, -0.1) is 0 Å². The summed E-state index contributed by atoms with van der Waals surface area (Å²) in [5, 5.41) is 2.89. The van der Waals surface area contributed by atoms with Gasteiger partial charge in [0, 0.05) is 43.8 Å². The molecular formula is C12H16N4O. The van der Waals surface area contributed by atoms with Gasteiger partial charge in [0.15, 0.2) is 0 Å². The summed E-state index contributed by atoms with van der Waals surface area (Å²) >= 11 is 0. The largest absolute Gasteiger partial charge is 0.368 e. The van der Waals surface area contributed by atoms with Crippen molar-refractivity contribution in [3.8, 4) is 0 Å². The predicted molar refractivity (Wildman–Crippen MR) is 65.1 cm³/mol. The molecule has 0 spiro atoms. The van der Waals surface area contributed by atoms with Crippen LogP contribution < -0.4 is 10.2 Å². The number of rotatable bonds is 1. The number of aromatic nitrogens is 1. The number of carbonyl (C=O) groups excluding carboxylic acids is 1. The van der Waals surface area contributed by atoms with E-state index in [0.29, 0.717) is 6.04 Å². The first-order valence-electron chi connectivity index (χ1n) is 5.96. The molecule has 0 saturated carbocycles. The number of anilines is 1. The van der Waals surface area contributed by atoms with Crippen LogP contribution in [-0.2, 0) is 0 Å². The number of pyridine rings is 1. The van der Waals surface area contributed by atoms with Crippen LogP contribution >= 0.6 is 0 Å². The van der Waals surface area contributed by atoms with Gasteiger partial charge in [-0.05, 0) is 19.1 Å². The molecule has 3 heterocycles. The van der Waals surface area contributed by atoms with E-state index in [0.717, 1.165) is 31.9 Å². The zero-order valence-corrected chi connectivity index (χ0v) is 9.89. The summed E-state index contributed by atoms with van der Waals surface area (Å²) < 4.78 is 0. The number of hydrogen-bond acceptors (Lipinski definition) is 3. The fraction of sp³-hybridized carbons (Fsp3) is 0.500. The van der Waals surface area contributed by atoms with Crippen LogP contribution in [0, 0.1) is 6.92 Å². The Morgan fingerprint density at radius 2 is 2.35 bits per heavy atom. The monoisotopic (exact) mass is 232 g/mol. The van der Waals surface area contributed by atoms with E-state index in [2.05, 4.69) is 21.3 Å². The van der Waals surface area contributed by atoms with Crippen LogP contribution in [0.2, 0.25) is 0 Å². The molecule has 1 unspecified atom stereocenters. The van der Waals surface area contributed by atoms with Crippen LogP contribution in [0.3, 0.4) is 0 Å². The molecule has 0 aromatic carbocycles. The summed E-state index contributed by atoms with van der Waals surface area (Å²) in [5.74, 6) is 0. The molecule has 5 heteroatoms. The fourth-order valence-corrected chi connectivity index (χ4v) is 2.57. The number of amides is 2. The smallest absolute Gasteiger partial charge is 0.317 e. The molecule has 2 aliphatic rings. The van der Waals surface area contributed by atoms with Gasteiger partial charge in [-0.3, -0.25) is 4.98 Å². The van der Waals surface area contributed by atoms with Gasteiger partial charge < -0.3 is 15.1 Å². The van der Waals surface area contributed by atoms with Crippen LogP contribution in [0.5, 0.6) is 0 Å². The number of hydrogen-bond donors (Lipinski definition) is 1. The zero-order chi connectivity index (χ0) is 11.8. The van der Waals surface area contributed by atoms with Crippen LogP contribution in [0.25, 0.3) is 0 Å². The van der Waals surface area contributed by atoms with Crippen molar-refractivity contribution >= 4 is 11.7 Å². The molecule has 1 atom stereocenters. The molecule has 0 radical (unpaired) electrons. The van der Waals surface area contributed by atoms with Crippen molar-refractivity contribution in [2.75, 3.05) is 31.1 Å². The van der Waals surface area contributed by atoms with Gasteiger partial charge in [-0.25, -0.2) is 4.79 Å². The Hall–Kier alpha value is -1.78. The lowest BCUT2D eigenvalue weighted by molar-refractivity contribution is 0.197. The molecule has 1 aromatic rings. The Morgan fingerprint density at radius 3 is 3.18 bits per heavy atom. The maximum Gasteiger partial charge on any atom is 0.317 e. The van der Waals surface area contributed by atoms with Gasteiger partial charge in [-0.1, -0.05) is 0 Å². The van der Waals surface area contributed by atoms with E-state index >= 15 is 0 Å². The van der Waals surface area contributed by atoms with Crippen molar-refractivity contribution in [2.24, 2.45) is 0 Å². The summed E-state index contributed by atoms with van der Waals surface area (Å²) in [4.78, 5) is 20.0. The fourth-order valence-electron chi connectivity index (χ4n) is 2.57. The maximum atomic E-state index is 11.5. The average Bonchev–Trinajstić information content (AvgIpc) is 2.71. The van der Waals surface area contributed by atoms with Gasteiger partial charge in [0.05, 0.1) is 6.04 Å². The lowest BCUT2D eigenvalue weighted by atomic mass is 10.1. The molecule has 0 bridgehead atoms. The molecule has 90 valence electrons. The van der Waals surface area contributed by atoms with E-state index < -0.39 is 0 Å². The first-order valence-corrected chi connectivity index (χ1v) is 5.96. The molecule has 2 aliphatic heterocycles. The van der Waals surface area contributed by atoms with Crippen LogP contribution in [0.1, 0.15) is 5.69 Å². The Kier molecular flexibility index (Phi) is 2.39. The summed E-state index contributed by atoms with van der Waals surface area (Å²) in [5.41, 5.74) is 2.24. The highest BCUT2D eigenvalue weighted by Gasteiger charge is 2.35. The number of aryl methyl sites for hydroxylation is 1. The van der Waals surface area contributed by atoms with Gasteiger partial charge >= 0.3 is 6.03 Å². The van der Waals surface area contributed by atoms with Gasteiger partial charge in [0.25, 0.3) is 0 Å². The average molecular weight is 232 g/mol. The van der Waals surface area contributed by atoms with Gasteiger partial charge in [0.2, 0.25) is 0 Å². The molecule has 0 aliphatic carbocycles. The summed E-state index contributed by atoms with van der Waals surface area (Å²) in [6, 6.07) is 4.53. The van der Waals surface area contributed by atoms with Crippen molar-refractivity contribution < 1.29 is 4.79 Å². The van der Waals surface area contributed by atoms with Crippen molar-refractivity contribution in [1.29, 1.82) is 0 Å². The minimum atomic E-state index is 0.0839. The SMILES string of the molecule is Cc1cc(N2CCN3C(=O)NCC3C2)ccn1. The minimum Gasteiger partial charge on any atom is -0.368 e. The molecule has 2 saturated heterocycles. The molecule has 17 heavy (non-hydrogen) atoms. The quantitative estimate of drug-likeness (QED) is 0.771. The molecular weight excluding hydrogens is 216 g/mol. The zero-order valence-electron chi connectivity index (χ0n) is 9.89. The van der Waals surface area contributed by atoms with Crippen molar-refractivity contribution in [3.63, 3.8) is 0 Å². The lowest BCUT2D eigenvalue weighted by Crippen LogP contribution is -2.52. The third-order valence-corrected chi connectivity index (χ3v) is 3.48. The lowest BCUT2D eigenvalue weighted by Gasteiger charge is -2.37. The highest BCUT2D eigenvalue weighted by molar-refractivity contribution is 5.77. The van der Waals surface area contributed by atoms with Gasteiger partial charge in [0.1, 0.15) is 0 Å². The Morgan fingerprint density at radius 1 is 1.47 bits per heavy atom. The predicted octanol–water partition coefficient (Wildman–Crippen LogP) is 0.604. The topological polar surface area (TPSA) is 48.5 Å². The third-order valence-electron chi connectivity index (χ3n) is 3.48. The van der Waals surface area contributed by atoms with Crippen LogP contribution in [0.4, 0.5) is 10.5 Å². The molecule has 1 N–H and O–H groups in total. The number of carbonyl (C=O) groups is 1. The Labute approximate surface area is 100 Å². The minimum absolute atomic E-state index is 0.0839. The number of urea groups is 1. The number of nitrogens with one attached hydrogen (secondary N) is 1. The first kappa shape index (κ1) is 10.4. The molecule has 2 amide bonds. The van der Waals surface area contributed by atoms with E-state index in [1.165, 1.54) is 5.69 Å². The van der Waals surface area contributed by atoms with E-state index in [1.54, 1.807) is 0 Å². The number of fused-ring (bicyclic) bond motifs is 1. The maximum absolute atomic E-state index is 11.5. The van der Waals surface area contributed by atoms with E-state index in [4.69, 9.17) is 0 Å². The highest BCUT2D eigenvalue weighted by Crippen LogP contribution is 2.21. The van der Waals surface area contributed by atoms with E-state index in [1.807, 2.05) is 24.1 Å². The summed E-state index contributed by atoms with van der Waals surface area (Å²) in [6.07, 6.45) is 1.84. The second kappa shape index (κ2) is 3.91. The molecule has 5 nitrogen and oxygen atoms in total. The summed E-state index contributed by atoms with van der Waals surface area (Å²) in [6.45, 7) is 5.37. The summed E-state index contributed by atoms with van der Waals surface area (Å²) in [7, 11) is 0.